The molecule has 0 aromatic rings. The fourth-order valence-corrected chi connectivity index (χ4v) is 10.4. The lowest BCUT2D eigenvalue weighted by atomic mass is 9.99. The Morgan fingerprint density at radius 1 is 0.354 bits per heavy atom. The van der Waals surface area contributed by atoms with Gasteiger partial charge in [0.1, 0.15) is 19.3 Å². The average Bonchev–Trinajstić information content (AvgIpc) is 3.42. The van der Waals surface area contributed by atoms with Crippen LogP contribution in [0.25, 0.3) is 0 Å². The fraction of sp³-hybridized carbons (Fsp3) is 0.933. The minimum atomic E-state index is -4.93. The number of carbonyl (C=O) groups is 4. The molecular weight excluding hydrogens is 1050 g/mol. The van der Waals surface area contributed by atoms with E-state index >= 15 is 0 Å². The van der Waals surface area contributed by atoms with Crippen LogP contribution in [0.15, 0.2) is 0 Å². The lowest BCUT2D eigenvalue weighted by Gasteiger charge is -2.21. The molecule has 0 aliphatic heterocycles. The Morgan fingerprint density at radius 2 is 0.608 bits per heavy atom. The molecule has 0 bridgehead atoms. The van der Waals surface area contributed by atoms with E-state index < -0.39 is 97.5 Å². The van der Waals surface area contributed by atoms with Crippen LogP contribution in [0.5, 0.6) is 0 Å². The van der Waals surface area contributed by atoms with Gasteiger partial charge in [-0.3, -0.25) is 37.3 Å². The lowest BCUT2D eigenvalue weighted by molar-refractivity contribution is -0.161. The highest BCUT2D eigenvalue weighted by atomic mass is 31.2. The molecule has 17 nitrogen and oxygen atoms in total. The summed E-state index contributed by atoms with van der Waals surface area (Å²) in [6.45, 7) is 7.00. The highest BCUT2D eigenvalue weighted by Crippen LogP contribution is 2.45. The molecule has 19 heteroatoms. The van der Waals surface area contributed by atoms with E-state index in [4.69, 9.17) is 37.0 Å². The third-order valence-electron chi connectivity index (χ3n) is 14.1. The third kappa shape index (κ3) is 53.8. The minimum absolute atomic E-state index is 0.0988. The molecule has 0 spiro atoms. The van der Waals surface area contributed by atoms with Gasteiger partial charge in [-0.05, 0) is 31.6 Å². The summed E-state index contributed by atoms with van der Waals surface area (Å²) in [5.41, 5.74) is 0. The number of esters is 4. The van der Waals surface area contributed by atoms with Crippen molar-refractivity contribution in [3.8, 4) is 0 Å². The Balaban J connectivity index is 4.92. The van der Waals surface area contributed by atoms with Crippen LogP contribution in [0.1, 0.15) is 298 Å². The highest BCUT2D eigenvalue weighted by molar-refractivity contribution is 7.47. The maximum atomic E-state index is 12.9. The van der Waals surface area contributed by atoms with Crippen LogP contribution in [0, 0.1) is 5.92 Å². The topological polar surface area (TPSA) is 237 Å². The average molecular weight is 1170 g/mol. The first-order valence-electron chi connectivity index (χ1n) is 31.7. The molecule has 0 aromatic carbocycles. The molecule has 0 amide bonds. The maximum Gasteiger partial charge on any atom is 0.472 e. The molecule has 0 saturated carbocycles. The first kappa shape index (κ1) is 77.1. The van der Waals surface area contributed by atoms with Crippen molar-refractivity contribution in [3.05, 3.63) is 0 Å². The number of hydrogen-bond acceptors (Lipinski definition) is 15. The molecule has 0 rings (SSSR count). The molecule has 0 aromatic heterocycles. The predicted octanol–water partition coefficient (Wildman–Crippen LogP) is 16.2. The first-order valence-corrected chi connectivity index (χ1v) is 34.7. The molecule has 3 unspecified atom stereocenters. The van der Waals surface area contributed by atoms with Crippen molar-refractivity contribution in [2.75, 3.05) is 39.6 Å². The van der Waals surface area contributed by atoms with Gasteiger partial charge < -0.3 is 33.8 Å². The molecule has 468 valence electrons. The van der Waals surface area contributed by atoms with Gasteiger partial charge in [0.15, 0.2) is 12.2 Å². The van der Waals surface area contributed by atoms with E-state index in [0.717, 1.165) is 115 Å². The summed E-state index contributed by atoms with van der Waals surface area (Å²) in [6.07, 6.45) is 37.3. The Labute approximate surface area is 479 Å². The lowest BCUT2D eigenvalue weighted by Crippen LogP contribution is -2.30. The van der Waals surface area contributed by atoms with Gasteiger partial charge in [0, 0.05) is 25.7 Å². The molecule has 6 atom stereocenters. The molecule has 0 aliphatic rings. The van der Waals surface area contributed by atoms with Crippen LogP contribution in [-0.2, 0) is 65.4 Å². The van der Waals surface area contributed by atoms with Gasteiger partial charge in [-0.25, -0.2) is 9.13 Å². The Bertz CT molecular complexity index is 1550. The molecule has 0 fully saturated rings. The minimum Gasteiger partial charge on any atom is -0.462 e. The Hall–Kier alpha value is -1.94. The van der Waals surface area contributed by atoms with Crippen molar-refractivity contribution in [1.82, 2.24) is 0 Å². The number of phosphoric acid groups is 2. The first-order chi connectivity index (χ1) is 38.1. The van der Waals surface area contributed by atoms with Gasteiger partial charge in [-0.2, -0.15) is 0 Å². The number of unbranched alkanes of at least 4 members (excludes halogenated alkanes) is 31. The van der Waals surface area contributed by atoms with Crippen molar-refractivity contribution < 1.29 is 80.2 Å². The summed E-state index contributed by atoms with van der Waals surface area (Å²) >= 11 is 0. The summed E-state index contributed by atoms with van der Waals surface area (Å²) in [5.74, 6) is -1.30. The van der Waals surface area contributed by atoms with Crippen LogP contribution in [-0.4, -0.2) is 96.7 Å². The van der Waals surface area contributed by atoms with Gasteiger partial charge in [0.2, 0.25) is 0 Å². The van der Waals surface area contributed by atoms with Crippen LogP contribution >= 0.6 is 15.6 Å². The maximum absolute atomic E-state index is 12.9. The summed E-state index contributed by atoms with van der Waals surface area (Å²) in [5, 5.41) is 10.4. The SMILES string of the molecule is CCCCCCCCCC(=O)OC[C@H](COP(=O)(O)OC[C@@H](O)COP(=O)(O)OC[C@@H](COC(=O)CCCCCCC)OC(=O)CCCCCCC)OC(=O)CCCCCCCCCCCCCCCCCCCCC(C)CC. The normalized spacial score (nSPS) is 14.7. The molecule has 0 radical (unpaired) electrons. The molecule has 79 heavy (non-hydrogen) atoms. The zero-order valence-electron chi connectivity index (χ0n) is 50.5. The zero-order chi connectivity index (χ0) is 58.5. The van der Waals surface area contributed by atoms with E-state index in [2.05, 4.69) is 34.6 Å². The highest BCUT2D eigenvalue weighted by Gasteiger charge is 2.30. The Morgan fingerprint density at radius 3 is 0.899 bits per heavy atom. The van der Waals surface area contributed by atoms with Crippen molar-refractivity contribution in [2.24, 2.45) is 5.92 Å². The molecule has 3 N–H and O–H groups in total. The Kier molecular flexibility index (Phi) is 52.7. The van der Waals surface area contributed by atoms with Gasteiger partial charge in [-0.1, -0.05) is 247 Å². The summed E-state index contributed by atoms with van der Waals surface area (Å²) < 4.78 is 67.2. The largest absolute Gasteiger partial charge is 0.472 e. The molecule has 0 heterocycles. The molecule has 0 aliphatic carbocycles. The second-order valence-corrected chi connectivity index (χ2v) is 24.9. The van der Waals surface area contributed by atoms with E-state index in [1.807, 2.05) is 0 Å². The van der Waals surface area contributed by atoms with Gasteiger partial charge >= 0.3 is 39.5 Å². The quantitative estimate of drug-likeness (QED) is 0.0222. The second-order valence-electron chi connectivity index (χ2n) is 22.0. The number of hydrogen-bond donors (Lipinski definition) is 3. The van der Waals surface area contributed by atoms with E-state index in [-0.39, 0.29) is 25.7 Å². The van der Waals surface area contributed by atoms with Crippen molar-refractivity contribution in [3.63, 3.8) is 0 Å². The zero-order valence-corrected chi connectivity index (χ0v) is 52.3. The van der Waals surface area contributed by atoms with Crippen LogP contribution in [0.3, 0.4) is 0 Å². The van der Waals surface area contributed by atoms with Gasteiger partial charge in [0.05, 0.1) is 26.4 Å². The third-order valence-corrected chi connectivity index (χ3v) is 16.0. The second kappa shape index (κ2) is 54.0. The van der Waals surface area contributed by atoms with Crippen molar-refractivity contribution >= 4 is 39.5 Å². The summed E-state index contributed by atoms with van der Waals surface area (Å²) in [7, 11) is -9.85. The van der Waals surface area contributed by atoms with E-state index in [0.29, 0.717) is 25.7 Å². The van der Waals surface area contributed by atoms with E-state index in [1.165, 1.54) is 103 Å². The van der Waals surface area contributed by atoms with Gasteiger partial charge in [0.25, 0.3) is 0 Å². The van der Waals surface area contributed by atoms with E-state index in [1.54, 1.807) is 0 Å². The van der Waals surface area contributed by atoms with Crippen LogP contribution < -0.4 is 0 Å². The van der Waals surface area contributed by atoms with Gasteiger partial charge in [-0.15, -0.1) is 0 Å². The number of aliphatic hydroxyl groups is 1. The number of rotatable bonds is 60. The number of aliphatic hydroxyl groups excluding tert-OH is 1. The number of ether oxygens (including phenoxy) is 4. The number of phosphoric ester groups is 2. The predicted molar refractivity (Wildman–Crippen MR) is 312 cm³/mol. The smallest absolute Gasteiger partial charge is 0.462 e. The monoisotopic (exact) mass is 1170 g/mol. The molecule has 0 saturated heterocycles. The standard InChI is InChI=1S/C60H116O17P2/c1-6-10-13-16-29-35-39-44-58(63)71-50-56(77-60(65)46-41-36-31-28-26-24-22-20-18-17-19-21-23-25-27-30-34-37-42-53(5)9-4)52-75-79(68,69)73-48-54(61)47-72-78(66,67)74-51-55(76-59(64)45-40-33-15-12-8-3)49-70-57(62)43-38-32-14-11-7-2/h53-56,61H,6-52H2,1-5H3,(H,66,67)(H,68,69)/t53?,54-,55+,56+/m0/s1. The summed E-state index contributed by atoms with van der Waals surface area (Å²) in [6, 6.07) is 0. The summed E-state index contributed by atoms with van der Waals surface area (Å²) in [4.78, 5) is 71.3. The van der Waals surface area contributed by atoms with E-state index in [9.17, 15) is 43.2 Å². The van der Waals surface area contributed by atoms with Crippen LogP contribution in [0.4, 0.5) is 0 Å². The number of carbonyl (C=O) groups excluding carboxylic acids is 4. The van der Waals surface area contributed by atoms with Crippen molar-refractivity contribution in [1.29, 1.82) is 0 Å². The van der Waals surface area contributed by atoms with Crippen molar-refractivity contribution in [2.45, 2.75) is 316 Å². The fourth-order valence-electron chi connectivity index (χ4n) is 8.84. The molecular formula is C60H116O17P2. The van der Waals surface area contributed by atoms with Crippen LogP contribution in [0.2, 0.25) is 0 Å².